The van der Waals surface area contributed by atoms with Crippen LogP contribution in [0.4, 0.5) is 8.78 Å². The van der Waals surface area contributed by atoms with Crippen molar-refractivity contribution in [3.8, 4) is 17.0 Å². The standard InChI is InChI=1S/C19H21ClF2N4O/c1-4-6-11(3)26-15(5-2)25-17-16(23-10-24-18(17)26)13-8-7-12(9-14(13)20)27-19(21)22/h7-11,19H,4-6H2,1-3H3. The van der Waals surface area contributed by atoms with Gasteiger partial charge in [-0.2, -0.15) is 8.78 Å². The fourth-order valence-corrected chi connectivity index (χ4v) is 3.53. The maximum Gasteiger partial charge on any atom is 0.387 e. The SMILES string of the molecule is CCCC(C)n1c(CC)nc2c(-c3ccc(OC(F)F)cc3Cl)ncnc21. The molecule has 5 nitrogen and oxygen atoms in total. The van der Waals surface area contributed by atoms with E-state index in [1.54, 1.807) is 6.07 Å². The Balaban J connectivity index is 2.13. The van der Waals surface area contributed by atoms with Gasteiger partial charge in [-0.3, -0.25) is 0 Å². The molecule has 0 aliphatic heterocycles. The van der Waals surface area contributed by atoms with Crippen LogP contribution < -0.4 is 4.74 Å². The number of hydrogen-bond donors (Lipinski definition) is 0. The van der Waals surface area contributed by atoms with Gasteiger partial charge in [0.1, 0.15) is 29.1 Å². The summed E-state index contributed by atoms with van der Waals surface area (Å²) in [7, 11) is 0. The van der Waals surface area contributed by atoms with Crippen LogP contribution in [0.3, 0.4) is 0 Å². The number of aryl methyl sites for hydroxylation is 1. The molecule has 27 heavy (non-hydrogen) atoms. The van der Waals surface area contributed by atoms with E-state index in [4.69, 9.17) is 16.6 Å². The Morgan fingerprint density at radius 3 is 2.63 bits per heavy atom. The van der Waals surface area contributed by atoms with Gasteiger partial charge in [-0.15, -0.1) is 0 Å². The summed E-state index contributed by atoms with van der Waals surface area (Å²) in [6.45, 7) is 3.44. The zero-order valence-corrected chi connectivity index (χ0v) is 16.2. The number of alkyl halides is 2. The molecule has 2 heterocycles. The molecule has 0 saturated heterocycles. The van der Waals surface area contributed by atoms with Gasteiger partial charge in [0.2, 0.25) is 0 Å². The Hall–Kier alpha value is -2.28. The first-order chi connectivity index (χ1) is 13.0. The molecule has 1 atom stereocenters. The zero-order chi connectivity index (χ0) is 19.6. The average Bonchev–Trinajstić information content (AvgIpc) is 3.00. The molecule has 144 valence electrons. The molecule has 1 aromatic carbocycles. The lowest BCUT2D eigenvalue weighted by Gasteiger charge is -2.15. The molecular formula is C19H21ClF2N4O. The van der Waals surface area contributed by atoms with E-state index in [1.807, 2.05) is 6.92 Å². The third kappa shape index (κ3) is 3.88. The molecule has 0 radical (unpaired) electrons. The van der Waals surface area contributed by atoms with E-state index >= 15 is 0 Å². The van der Waals surface area contributed by atoms with Gasteiger partial charge in [0.05, 0.1) is 5.02 Å². The Morgan fingerprint density at radius 1 is 1.22 bits per heavy atom. The van der Waals surface area contributed by atoms with Gasteiger partial charge >= 0.3 is 6.61 Å². The summed E-state index contributed by atoms with van der Waals surface area (Å²) in [6.07, 6.45) is 4.31. The molecule has 0 saturated carbocycles. The van der Waals surface area contributed by atoms with Gasteiger partial charge in [-0.05, 0) is 31.5 Å². The minimum atomic E-state index is -2.90. The van der Waals surface area contributed by atoms with Gasteiger partial charge in [0, 0.05) is 18.0 Å². The molecule has 0 N–H and O–H groups in total. The largest absolute Gasteiger partial charge is 0.435 e. The molecule has 0 aliphatic carbocycles. The Bertz CT molecular complexity index is 945. The van der Waals surface area contributed by atoms with Crippen LogP contribution in [0.15, 0.2) is 24.5 Å². The molecule has 0 fully saturated rings. The lowest BCUT2D eigenvalue weighted by molar-refractivity contribution is -0.0498. The van der Waals surface area contributed by atoms with Crippen molar-refractivity contribution in [2.24, 2.45) is 0 Å². The topological polar surface area (TPSA) is 52.8 Å². The molecule has 0 aliphatic rings. The first kappa shape index (κ1) is 19.5. The molecule has 1 unspecified atom stereocenters. The summed E-state index contributed by atoms with van der Waals surface area (Å²) < 4.78 is 31.4. The van der Waals surface area contributed by atoms with Gasteiger partial charge in [0.25, 0.3) is 0 Å². The summed E-state index contributed by atoms with van der Waals surface area (Å²) >= 11 is 6.32. The van der Waals surface area contributed by atoms with Gasteiger partial charge in [-0.25, -0.2) is 15.0 Å². The number of imidazole rings is 1. The van der Waals surface area contributed by atoms with Crippen LogP contribution in [0.1, 0.15) is 45.5 Å². The quantitative estimate of drug-likeness (QED) is 0.518. The van der Waals surface area contributed by atoms with E-state index in [9.17, 15) is 8.78 Å². The highest BCUT2D eigenvalue weighted by Crippen LogP contribution is 2.35. The second kappa shape index (κ2) is 8.17. The van der Waals surface area contributed by atoms with E-state index in [0.29, 0.717) is 16.8 Å². The zero-order valence-electron chi connectivity index (χ0n) is 15.4. The highest BCUT2D eigenvalue weighted by molar-refractivity contribution is 6.33. The van der Waals surface area contributed by atoms with E-state index in [-0.39, 0.29) is 16.8 Å². The first-order valence-electron chi connectivity index (χ1n) is 8.92. The van der Waals surface area contributed by atoms with E-state index in [1.165, 1.54) is 18.5 Å². The van der Waals surface area contributed by atoms with Crippen molar-refractivity contribution in [2.75, 3.05) is 0 Å². The fraction of sp³-hybridized carbons (Fsp3) is 0.421. The smallest absolute Gasteiger partial charge is 0.387 e. The number of aromatic nitrogens is 4. The van der Waals surface area contributed by atoms with Crippen LogP contribution in [0, 0.1) is 0 Å². The molecule has 0 amide bonds. The third-order valence-corrected chi connectivity index (χ3v) is 4.75. The monoisotopic (exact) mass is 394 g/mol. The molecule has 8 heteroatoms. The van der Waals surface area contributed by atoms with Crippen molar-refractivity contribution < 1.29 is 13.5 Å². The van der Waals surface area contributed by atoms with E-state index < -0.39 is 6.61 Å². The predicted molar refractivity (Wildman–Crippen MR) is 101 cm³/mol. The van der Waals surface area contributed by atoms with Crippen LogP contribution in [-0.2, 0) is 6.42 Å². The number of rotatable bonds is 7. The molecule has 3 aromatic rings. The molecule has 2 aromatic heterocycles. The second-order valence-corrected chi connectivity index (χ2v) is 6.71. The maximum atomic E-state index is 12.4. The number of benzene rings is 1. The molecule has 3 rings (SSSR count). The summed E-state index contributed by atoms with van der Waals surface area (Å²) in [6, 6.07) is 4.67. The van der Waals surface area contributed by atoms with Crippen molar-refractivity contribution in [2.45, 2.75) is 52.7 Å². The third-order valence-electron chi connectivity index (χ3n) is 4.43. The number of fused-ring (bicyclic) bond motifs is 1. The van der Waals surface area contributed by atoms with Crippen molar-refractivity contribution >= 4 is 22.8 Å². The Labute approximate surface area is 161 Å². The predicted octanol–water partition coefficient (Wildman–Crippen LogP) is 5.67. The van der Waals surface area contributed by atoms with Crippen LogP contribution in [0.5, 0.6) is 5.75 Å². The van der Waals surface area contributed by atoms with Gasteiger partial charge in [-0.1, -0.05) is 31.9 Å². The molecule has 0 spiro atoms. The lowest BCUT2D eigenvalue weighted by Crippen LogP contribution is -2.09. The molecule has 0 bridgehead atoms. The van der Waals surface area contributed by atoms with Gasteiger partial charge in [0.15, 0.2) is 5.65 Å². The van der Waals surface area contributed by atoms with Crippen LogP contribution >= 0.6 is 11.6 Å². The number of nitrogens with zero attached hydrogens (tertiary/aromatic N) is 4. The molecular weight excluding hydrogens is 374 g/mol. The first-order valence-corrected chi connectivity index (χ1v) is 9.30. The van der Waals surface area contributed by atoms with Gasteiger partial charge < -0.3 is 9.30 Å². The number of ether oxygens (including phenoxy) is 1. The van der Waals surface area contributed by atoms with Crippen molar-refractivity contribution in [3.05, 3.63) is 35.4 Å². The highest BCUT2D eigenvalue weighted by atomic mass is 35.5. The minimum Gasteiger partial charge on any atom is -0.435 e. The second-order valence-electron chi connectivity index (χ2n) is 6.30. The fourth-order valence-electron chi connectivity index (χ4n) is 3.27. The van der Waals surface area contributed by atoms with Crippen molar-refractivity contribution in [3.63, 3.8) is 0 Å². The number of hydrogen-bond acceptors (Lipinski definition) is 4. The summed E-state index contributed by atoms with van der Waals surface area (Å²) in [5.74, 6) is 0.932. The Morgan fingerprint density at radius 2 is 2.00 bits per heavy atom. The van der Waals surface area contributed by atoms with Crippen molar-refractivity contribution in [1.29, 1.82) is 0 Å². The number of halogens is 3. The summed E-state index contributed by atoms with van der Waals surface area (Å²) in [4.78, 5) is 13.6. The van der Waals surface area contributed by atoms with Crippen LogP contribution in [-0.4, -0.2) is 26.1 Å². The summed E-state index contributed by atoms with van der Waals surface area (Å²) in [5.41, 5.74) is 2.58. The van der Waals surface area contributed by atoms with Crippen LogP contribution in [0.25, 0.3) is 22.4 Å². The minimum absolute atomic E-state index is 0.000365. The lowest BCUT2D eigenvalue weighted by atomic mass is 10.1. The normalized spacial score (nSPS) is 12.7. The van der Waals surface area contributed by atoms with E-state index in [2.05, 4.69) is 33.1 Å². The Kier molecular flexibility index (Phi) is 5.89. The highest BCUT2D eigenvalue weighted by Gasteiger charge is 2.20. The van der Waals surface area contributed by atoms with Crippen LogP contribution in [0.2, 0.25) is 5.02 Å². The van der Waals surface area contributed by atoms with Crippen molar-refractivity contribution in [1.82, 2.24) is 19.5 Å². The van der Waals surface area contributed by atoms with E-state index in [0.717, 1.165) is 30.7 Å². The summed E-state index contributed by atoms with van der Waals surface area (Å²) in [5, 5.41) is 0.266. The average molecular weight is 395 g/mol. The maximum absolute atomic E-state index is 12.4.